The predicted molar refractivity (Wildman–Crippen MR) is 62.2 cm³/mol. The number of nitrogens with zero attached hydrogens (tertiary/aromatic N) is 1. The molecule has 0 saturated carbocycles. The van der Waals surface area contributed by atoms with Crippen LogP contribution >= 0.6 is 0 Å². The summed E-state index contributed by atoms with van der Waals surface area (Å²) < 4.78 is 0. The molecule has 0 radical (unpaired) electrons. The topological polar surface area (TPSA) is 72.3 Å². The lowest BCUT2D eigenvalue weighted by molar-refractivity contribution is -0.141. The highest BCUT2D eigenvalue weighted by molar-refractivity contribution is 5.78. The lowest BCUT2D eigenvalue weighted by Gasteiger charge is -2.35. The molecule has 4 N–H and O–H groups in total. The Kier molecular flexibility index (Phi) is 4.31. The van der Waals surface area contributed by atoms with E-state index in [1.807, 2.05) is 20.8 Å². The van der Waals surface area contributed by atoms with E-state index in [9.17, 15) is 4.79 Å². The van der Waals surface area contributed by atoms with Gasteiger partial charge in [0.05, 0.1) is 0 Å². The molecule has 1 amide bonds. The van der Waals surface area contributed by atoms with E-state index in [0.29, 0.717) is 5.12 Å². The second-order valence-corrected chi connectivity index (χ2v) is 6.43. The van der Waals surface area contributed by atoms with Crippen molar-refractivity contribution >= 4 is 5.91 Å². The van der Waals surface area contributed by atoms with Gasteiger partial charge in [-0.05, 0) is 17.3 Å². The van der Waals surface area contributed by atoms with E-state index >= 15 is 0 Å². The van der Waals surface area contributed by atoms with Gasteiger partial charge in [0.1, 0.15) is 0 Å². The fraction of sp³-hybridized carbons (Fsp3) is 0.909. The van der Waals surface area contributed by atoms with E-state index in [1.54, 1.807) is 0 Å². The molecule has 0 spiro atoms. The number of nitrogens with two attached hydrogens (primary N) is 2. The van der Waals surface area contributed by atoms with Gasteiger partial charge in [-0.3, -0.25) is 4.79 Å². The Balaban J connectivity index is 4.84. The van der Waals surface area contributed by atoms with Crippen molar-refractivity contribution < 1.29 is 4.79 Å². The highest BCUT2D eigenvalue weighted by Crippen LogP contribution is 2.36. The molecule has 0 aliphatic heterocycles. The van der Waals surface area contributed by atoms with Crippen molar-refractivity contribution in [1.82, 2.24) is 5.12 Å². The second kappa shape index (κ2) is 4.49. The van der Waals surface area contributed by atoms with Gasteiger partial charge in [-0.2, -0.15) is 0 Å². The quantitative estimate of drug-likeness (QED) is 0.418. The highest BCUT2D eigenvalue weighted by Gasteiger charge is 2.35. The predicted octanol–water partition coefficient (Wildman–Crippen LogP) is 1.66. The standard InChI is InChI=1S/C11H25N3O/c1-10(2,3)7-8(11(4,5)6)9(15)14(12)13/h8H,7,12-13H2,1-6H3. The summed E-state index contributed by atoms with van der Waals surface area (Å²) in [5.41, 5.74) is -0.0367. The molecule has 1 unspecified atom stereocenters. The van der Waals surface area contributed by atoms with Crippen molar-refractivity contribution in [1.29, 1.82) is 0 Å². The maximum Gasteiger partial charge on any atom is 0.254 e. The molecule has 0 bridgehead atoms. The van der Waals surface area contributed by atoms with Crippen LogP contribution in [0.1, 0.15) is 48.0 Å². The van der Waals surface area contributed by atoms with E-state index in [-0.39, 0.29) is 22.7 Å². The zero-order valence-electron chi connectivity index (χ0n) is 10.8. The third kappa shape index (κ3) is 5.14. The second-order valence-electron chi connectivity index (χ2n) is 6.43. The number of amides is 1. The van der Waals surface area contributed by atoms with Crippen molar-refractivity contribution in [2.75, 3.05) is 0 Å². The first-order valence-corrected chi connectivity index (χ1v) is 5.28. The summed E-state index contributed by atoms with van der Waals surface area (Å²) in [5, 5.41) is 0.710. The van der Waals surface area contributed by atoms with Crippen molar-refractivity contribution in [3.8, 4) is 0 Å². The Morgan fingerprint density at radius 1 is 1.13 bits per heavy atom. The monoisotopic (exact) mass is 215 g/mol. The molecule has 0 rings (SSSR count). The Bertz CT molecular complexity index is 223. The minimum atomic E-state index is -0.197. The largest absolute Gasteiger partial charge is 0.272 e. The number of hydrazine groups is 2. The van der Waals surface area contributed by atoms with E-state index in [1.165, 1.54) is 0 Å². The van der Waals surface area contributed by atoms with Gasteiger partial charge in [-0.1, -0.05) is 41.5 Å². The van der Waals surface area contributed by atoms with Gasteiger partial charge in [-0.25, -0.2) is 16.8 Å². The first-order chi connectivity index (χ1) is 6.45. The van der Waals surface area contributed by atoms with Crippen LogP contribution in [-0.2, 0) is 4.79 Å². The smallest absolute Gasteiger partial charge is 0.254 e. The number of hydrogen-bond acceptors (Lipinski definition) is 3. The highest BCUT2D eigenvalue weighted by atomic mass is 16.2. The lowest BCUT2D eigenvalue weighted by atomic mass is 9.72. The van der Waals surface area contributed by atoms with Crippen molar-refractivity contribution in [2.45, 2.75) is 48.0 Å². The van der Waals surface area contributed by atoms with Crippen LogP contribution in [0.25, 0.3) is 0 Å². The number of hydrogen-bond donors (Lipinski definition) is 2. The minimum Gasteiger partial charge on any atom is -0.272 e. The zero-order valence-corrected chi connectivity index (χ0v) is 10.8. The van der Waals surface area contributed by atoms with Crippen LogP contribution in [0, 0.1) is 16.7 Å². The summed E-state index contributed by atoms with van der Waals surface area (Å²) in [7, 11) is 0. The van der Waals surface area contributed by atoms with Crippen LogP contribution < -0.4 is 11.7 Å². The Morgan fingerprint density at radius 2 is 1.53 bits per heavy atom. The summed E-state index contributed by atoms with van der Waals surface area (Å²) in [5.74, 6) is 10.3. The van der Waals surface area contributed by atoms with E-state index in [4.69, 9.17) is 11.7 Å². The molecule has 0 aromatic heterocycles. The molecular weight excluding hydrogens is 190 g/mol. The van der Waals surface area contributed by atoms with E-state index < -0.39 is 0 Å². The fourth-order valence-corrected chi connectivity index (χ4v) is 1.56. The van der Waals surface area contributed by atoms with Crippen LogP contribution in [0.4, 0.5) is 0 Å². The maximum absolute atomic E-state index is 11.8. The lowest BCUT2D eigenvalue weighted by Crippen LogP contribution is -2.50. The molecule has 0 aliphatic carbocycles. The van der Waals surface area contributed by atoms with Crippen molar-refractivity contribution in [3.63, 3.8) is 0 Å². The molecule has 0 aliphatic rings. The molecule has 1 atom stereocenters. The maximum atomic E-state index is 11.8. The van der Waals surface area contributed by atoms with Gasteiger partial charge in [0.25, 0.3) is 5.91 Å². The van der Waals surface area contributed by atoms with Gasteiger partial charge in [0.15, 0.2) is 0 Å². The molecule has 0 aromatic carbocycles. The van der Waals surface area contributed by atoms with E-state index in [2.05, 4.69) is 20.8 Å². The normalized spacial score (nSPS) is 14.9. The Labute approximate surface area is 92.9 Å². The van der Waals surface area contributed by atoms with Crippen molar-refractivity contribution in [2.24, 2.45) is 28.4 Å². The van der Waals surface area contributed by atoms with Crippen LogP contribution in [0.5, 0.6) is 0 Å². The van der Waals surface area contributed by atoms with Gasteiger partial charge in [0, 0.05) is 5.92 Å². The van der Waals surface area contributed by atoms with Gasteiger partial charge in [-0.15, -0.1) is 0 Å². The summed E-state index contributed by atoms with van der Waals surface area (Å²) in [6.45, 7) is 12.4. The first kappa shape index (κ1) is 14.4. The molecule has 0 fully saturated rings. The number of carbonyl (C=O) groups is 1. The molecule has 0 aromatic rings. The van der Waals surface area contributed by atoms with Crippen LogP contribution in [0.2, 0.25) is 0 Å². The molecule has 90 valence electrons. The fourth-order valence-electron chi connectivity index (χ4n) is 1.56. The minimum absolute atomic E-state index is 0.0869. The van der Waals surface area contributed by atoms with E-state index in [0.717, 1.165) is 6.42 Å². The SMILES string of the molecule is CC(C)(C)CC(C(=O)N(N)N)C(C)(C)C. The van der Waals surface area contributed by atoms with Crippen LogP contribution in [0.15, 0.2) is 0 Å². The Hall–Kier alpha value is -0.610. The third-order valence-corrected chi connectivity index (χ3v) is 2.41. The summed E-state index contributed by atoms with van der Waals surface area (Å²) in [4.78, 5) is 11.8. The summed E-state index contributed by atoms with van der Waals surface area (Å²) >= 11 is 0. The zero-order chi connectivity index (χ0) is 12.4. The number of rotatable bonds is 2. The number of carbonyl (C=O) groups excluding carboxylic acids is 1. The van der Waals surface area contributed by atoms with Gasteiger partial charge in [0.2, 0.25) is 0 Å². The third-order valence-electron chi connectivity index (χ3n) is 2.41. The summed E-state index contributed by atoms with van der Waals surface area (Å²) in [6, 6.07) is 0. The average molecular weight is 215 g/mol. The van der Waals surface area contributed by atoms with Gasteiger partial charge < -0.3 is 0 Å². The van der Waals surface area contributed by atoms with Crippen LogP contribution in [-0.4, -0.2) is 11.0 Å². The first-order valence-electron chi connectivity index (χ1n) is 5.28. The molecule has 0 heterocycles. The molecule has 4 nitrogen and oxygen atoms in total. The summed E-state index contributed by atoms with van der Waals surface area (Å²) in [6.07, 6.45) is 0.778. The van der Waals surface area contributed by atoms with Gasteiger partial charge >= 0.3 is 0 Å². The average Bonchev–Trinajstić information content (AvgIpc) is 1.94. The molecule has 4 heteroatoms. The molecule has 15 heavy (non-hydrogen) atoms. The Morgan fingerprint density at radius 3 is 1.73 bits per heavy atom. The molecular formula is C11H25N3O. The molecule has 0 saturated heterocycles. The van der Waals surface area contributed by atoms with Crippen molar-refractivity contribution in [3.05, 3.63) is 0 Å². The van der Waals surface area contributed by atoms with Crippen LogP contribution in [0.3, 0.4) is 0 Å².